The number of aliphatic hydroxyl groups excluding tert-OH is 1. The molecule has 10 heteroatoms. The van der Waals surface area contributed by atoms with E-state index in [0.717, 1.165) is 11.1 Å². The summed E-state index contributed by atoms with van der Waals surface area (Å²) in [5, 5.41) is 15.8. The number of amides is 3. The Labute approximate surface area is 233 Å². The van der Waals surface area contributed by atoms with Gasteiger partial charge in [0.15, 0.2) is 0 Å². The van der Waals surface area contributed by atoms with Crippen LogP contribution in [0.2, 0.25) is 5.02 Å². The molecule has 0 saturated carbocycles. The molecule has 0 aliphatic carbocycles. The van der Waals surface area contributed by atoms with E-state index < -0.39 is 22.6 Å². The average molecular weight is 607 g/mol. The van der Waals surface area contributed by atoms with Gasteiger partial charge in [0.05, 0.1) is 27.3 Å². The van der Waals surface area contributed by atoms with E-state index in [1.807, 2.05) is 49.4 Å². The molecular weight excluding hydrogens is 578 g/mol. The van der Waals surface area contributed by atoms with Gasteiger partial charge in [0, 0.05) is 29.8 Å². The number of hydrogen-bond donors (Lipinski definition) is 3. The minimum Gasteiger partial charge on any atom is -0.396 e. The lowest BCUT2D eigenvalue weighted by molar-refractivity contribution is -0.139. The van der Waals surface area contributed by atoms with Crippen LogP contribution < -0.4 is 10.6 Å². The number of benzene rings is 2. The SMILES string of the molecule is Cc1cccc(Cl)c1NC(=O)C1N(CCCO)C(=O)[C@@H]2[C@H](C(=O)NCc3ccccc3)[C@H]3SC12CC3Br. The molecule has 3 saturated heterocycles. The lowest BCUT2D eigenvalue weighted by atomic mass is 9.70. The van der Waals surface area contributed by atoms with Crippen LogP contribution in [0.5, 0.6) is 0 Å². The number of nitrogens with one attached hydrogen (secondary N) is 2. The standard InChI is InChI=1S/C27H29BrClN3O4S/c1-15-7-5-10-18(29)21(15)31-25(35)23-27-13-17(28)22(37-27)19(20(27)26(36)32(23)11-6-12-33)24(34)30-14-16-8-3-2-4-9-16/h2-5,7-10,17,19-20,22-23,33H,6,11-14H2,1H3,(H,30,34)(H,31,35)/t17?,19-,20-,22-,23?,27?/m0/s1. The van der Waals surface area contributed by atoms with Gasteiger partial charge in [0.25, 0.3) is 0 Å². The maximum Gasteiger partial charge on any atom is 0.248 e. The molecule has 3 heterocycles. The summed E-state index contributed by atoms with van der Waals surface area (Å²) in [7, 11) is 0. The molecule has 6 atom stereocenters. The molecule has 1 spiro atoms. The van der Waals surface area contributed by atoms with Crippen molar-refractivity contribution in [3.8, 4) is 0 Å². The van der Waals surface area contributed by atoms with Gasteiger partial charge < -0.3 is 20.6 Å². The number of fused-ring (bicyclic) bond motifs is 1. The third-order valence-corrected chi connectivity index (χ3v) is 11.2. The summed E-state index contributed by atoms with van der Waals surface area (Å²) < 4.78 is -0.751. The molecule has 37 heavy (non-hydrogen) atoms. The number of alkyl halides is 1. The van der Waals surface area contributed by atoms with Crippen LogP contribution in [0.1, 0.15) is 24.0 Å². The number of para-hydroxylation sites is 1. The maximum absolute atomic E-state index is 13.9. The fourth-order valence-corrected chi connectivity index (χ4v) is 9.98. The van der Waals surface area contributed by atoms with Crippen LogP contribution in [-0.2, 0) is 20.9 Å². The third kappa shape index (κ3) is 4.58. The minimum atomic E-state index is -0.783. The summed E-state index contributed by atoms with van der Waals surface area (Å²) in [4.78, 5) is 42.9. The fourth-order valence-electron chi connectivity index (χ4n) is 6.10. The number of hydrogen-bond acceptors (Lipinski definition) is 5. The number of carbonyl (C=O) groups is 3. The van der Waals surface area contributed by atoms with Crippen LogP contribution in [-0.4, -0.2) is 61.7 Å². The molecule has 3 aliphatic heterocycles. The monoisotopic (exact) mass is 605 g/mol. The van der Waals surface area contributed by atoms with Crippen molar-refractivity contribution in [3.05, 3.63) is 64.7 Å². The first-order chi connectivity index (χ1) is 17.8. The Morgan fingerprint density at radius 3 is 2.65 bits per heavy atom. The number of likely N-dealkylation sites (tertiary alicyclic amines) is 1. The van der Waals surface area contributed by atoms with Crippen LogP contribution in [0.4, 0.5) is 5.69 Å². The summed E-state index contributed by atoms with van der Waals surface area (Å²) >= 11 is 11.7. The number of anilines is 1. The van der Waals surface area contributed by atoms with Crippen molar-refractivity contribution >= 4 is 62.7 Å². The highest BCUT2D eigenvalue weighted by Gasteiger charge is 2.75. The van der Waals surface area contributed by atoms with Gasteiger partial charge in [-0.05, 0) is 37.0 Å². The Hall–Kier alpha value is -2.07. The van der Waals surface area contributed by atoms with Gasteiger partial charge in [0.2, 0.25) is 17.7 Å². The summed E-state index contributed by atoms with van der Waals surface area (Å²) in [6, 6.07) is 14.3. The van der Waals surface area contributed by atoms with Crippen molar-refractivity contribution < 1.29 is 19.5 Å². The second kappa shape index (κ2) is 10.6. The molecule has 5 rings (SSSR count). The highest BCUT2D eigenvalue weighted by Crippen LogP contribution is 2.67. The number of rotatable bonds is 8. The summed E-state index contributed by atoms with van der Waals surface area (Å²) in [6.07, 6.45) is 0.941. The molecule has 3 unspecified atom stereocenters. The van der Waals surface area contributed by atoms with Crippen LogP contribution in [0.3, 0.4) is 0 Å². The highest BCUT2D eigenvalue weighted by molar-refractivity contribution is 9.09. The van der Waals surface area contributed by atoms with Gasteiger partial charge in [-0.15, -0.1) is 11.8 Å². The minimum absolute atomic E-state index is 0.0100. The fraction of sp³-hybridized carbons (Fsp3) is 0.444. The smallest absolute Gasteiger partial charge is 0.248 e. The Kier molecular flexibility index (Phi) is 7.60. The second-order valence-corrected chi connectivity index (χ2v) is 13.0. The molecule has 3 fully saturated rings. The van der Waals surface area contributed by atoms with Crippen molar-refractivity contribution in [2.24, 2.45) is 11.8 Å². The van der Waals surface area contributed by atoms with Gasteiger partial charge in [0.1, 0.15) is 6.04 Å². The Bertz CT molecular complexity index is 1200. The summed E-state index contributed by atoms with van der Waals surface area (Å²) in [5.41, 5.74) is 2.32. The van der Waals surface area contributed by atoms with Crippen LogP contribution in [0.25, 0.3) is 0 Å². The van der Waals surface area contributed by atoms with E-state index >= 15 is 0 Å². The first-order valence-corrected chi connectivity index (χ1v) is 14.6. The van der Waals surface area contributed by atoms with Crippen molar-refractivity contribution in [2.45, 2.75) is 47.2 Å². The maximum atomic E-state index is 13.9. The molecular formula is C27H29BrClN3O4S. The van der Waals surface area contributed by atoms with E-state index in [2.05, 4.69) is 26.6 Å². The van der Waals surface area contributed by atoms with E-state index in [0.29, 0.717) is 30.1 Å². The predicted molar refractivity (Wildman–Crippen MR) is 149 cm³/mol. The summed E-state index contributed by atoms with van der Waals surface area (Å²) in [6.45, 7) is 2.38. The second-order valence-electron chi connectivity index (χ2n) is 9.90. The van der Waals surface area contributed by atoms with Gasteiger partial charge in [-0.1, -0.05) is 70.0 Å². The first-order valence-electron chi connectivity index (χ1n) is 12.4. The third-order valence-electron chi connectivity index (χ3n) is 7.68. The molecule has 3 aliphatic rings. The molecule has 3 N–H and O–H groups in total. The molecule has 2 bridgehead atoms. The zero-order chi connectivity index (χ0) is 26.3. The summed E-state index contributed by atoms with van der Waals surface area (Å²) in [5.74, 6) is -1.86. The van der Waals surface area contributed by atoms with Crippen molar-refractivity contribution in [2.75, 3.05) is 18.5 Å². The molecule has 196 valence electrons. The zero-order valence-corrected chi connectivity index (χ0v) is 23.5. The first kappa shape index (κ1) is 26.5. The van der Waals surface area contributed by atoms with E-state index in [-0.39, 0.29) is 41.0 Å². The van der Waals surface area contributed by atoms with Crippen molar-refractivity contribution in [1.82, 2.24) is 10.2 Å². The lowest BCUT2D eigenvalue weighted by Crippen LogP contribution is -2.53. The Balaban J connectivity index is 1.46. The topological polar surface area (TPSA) is 98.7 Å². The zero-order valence-electron chi connectivity index (χ0n) is 20.3. The molecule has 2 aromatic carbocycles. The molecule has 0 aromatic heterocycles. The number of thioether (sulfide) groups is 1. The van der Waals surface area contributed by atoms with Gasteiger partial charge in [-0.25, -0.2) is 0 Å². The average Bonchev–Trinajstić information content (AvgIpc) is 3.47. The normalized spacial score (nSPS) is 29.9. The lowest BCUT2D eigenvalue weighted by Gasteiger charge is -2.35. The van der Waals surface area contributed by atoms with Crippen LogP contribution in [0.15, 0.2) is 48.5 Å². The van der Waals surface area contributed by atoms with Gasteiger partial charge in [-0.3, -0.25) is 14.4 Å². The highest BCUT2D eigenvalue weighted by atomic mass is 79.9. The predicted octanol–water partition coefficient (Wildman–Crippen LogP) is 3.75. The molecule has 2 aromatic rings. The van der Waals surface area contributed by atoms with E-state index in [9.17, 15) is 19.5 Å². The number of carbonyl (C=O) groups excluding carboxylic acids is 3. The van der Waals surface area contributed by atoms with Gasteiger partial charge in [-0.2, -0.15) is 0 Å². The molecule has 3 amide bonds. The molecule has 0 radical (unpaired) electrons. The van der Waals surface area contributed by atoms with Crippen LogP contribution >= 0.6 is 39.3 Å². The number of halogens is 2. The number of aliphatic hydroxyl groups is 1. The van der Waals surface area contributed by atoms with E-state index in [4.69, 9.17) is 11.6 Å². The number of aryl methyl sites for hydroxylation is 1. The van der Waals surface area contributed by atoms with E-state index in [1.54, 1.807) is 22.7 Å². The molecule has 7 nitrogen and oxygen atoms in total. The largest absolute Gasteiger partial charge is 0.396 e. The van der Waals surface area contributed by atoms with Gasteiger partial charge >= 0.3 is 0 Å². The quantitative estimate of drug-likeness (QED) is 0.398. The van der Waals surface area contributed by atoms with E-state index in [1.165, 1.54) is 0 Å². The van der Waals surface area contributed by atoms with Crippen molar-refractivity contribution in [3.63, 3.8) is 0 Å². The number of nitrogens with zero attached hydrogens (tertiary/aromatic N) is 1. The Morgan fingerprint density at radius 1 is 1.19 bits per heavy atom. The van der Waals surface area contributed by atoms with Crippen LogP contribution in [0, 0.1) is 18.8 Å². The Morgan fingerprint density at radius 2 is 1.95 bits per heavy atom. The van der Waals surface area contributed by atoms with Crippen molar-refractivity contribution in [1.29, 1.82) is 0 Å².